The normalized spacial score (nSPS) is 11.8. The average Bonchev–Trinajstić information content (AvgIpc) is 2.45. The Labute approximate surface area is 108 Å². The minimum Gasteiger partial charge on any atom is -0.489 e. The van der Waals surface area contributed by atoms with Crippen molar-refractivity contribution in [2.75, 3.05) is 0 Å². The molecule has 0 aliphatic carbocycles. The predicted molar refractivity (Wildman–Crippen MR) is 74.3 cm³/mol. The van der Waals surface area contributed by atoms with Crippen molar-refractivity contribution in [1.29, 1.82) is 0 Å². The number of hydrogen-bond donors (Lipinski definition) is 1. The van der Waals surface area contributed by atoms with Gasteiger partial charge in [0.1, 0.15) is 12.4 Å². The van der Waals surface area contributed by atoms with Crippen LogP contribution in [0.25, 0.3) is 0 Å². The summed E-state index contributed by atoms with van der Waals surface area (Å²) in [6.45, 7) is 4.26. The molecule has 1 atom stereocenters. The highest BCUT2D eigenvalue weighted by molar-refractivity contribution is 5.37. The van der Waals surface area contributed by atoms with Crippen molar-refractivity contribution >= 4 is 0 Å². The Morgan fingerprint density at radius 3 is 2.44 bits per heavy atom. The SMILES string of the molecule is C=C[C@@H](N)c1ccccc1OCc1ccccc1. The van der Waals surface area contributed by atoms with Gasteiger partial charge in [-0.15, -0.1) is 6.58 Å². The number of ether oxygens (including phenoxy) is 1. The molecular weight excluding hydrogens is 222 g/mol. The van der Waals surface area contributed by atoms with E-state index in [2.05, 4.69) is 6.58 Å². The van der Waals surface area contributed by atoms with Gasteiger partial charge in [-0.05, 0) is 11.6 Å². The summed E-state index contributed by atoms with van der Waals surface area (Å²) in [5, 5.41) is 0. The molecule has 0 spiro atoms. The largest absolute Gasteiger partial charge is 0.489 e. The molecule has 0 amide bonds. The molecule has 0 bridgehead atoms. The van der Waals surface area contributed by atoms with Crippen LogP contribution in [0.2, 0.25) is 0 Å². The van der Waals surface area contributed by atoms with E-state index in [0.29, 0.717) is 6.61 Å². The van der Waals surface area contributed by atoms with Gasteiger partial charge in [-0.2, -0.15) is 0 Å². The first kappa shape index (κ1) is 12.4. The van der Waals surface area contributed by atoms with E-state index in [0.717, 1.165) is 16.9 Å². The van der Waals surface area contributed by atoms with E-state index in [1.165, 1.54) is 0 Å². The maximum Gasteiger partial charge on any atom is 0.124 e. The van der Waals surface area contributed by atoms with Crippen LogP contribution in [-0.4, -0.2) is 0 Å². The Morgan fingerprint density at radius 1 is 1.06 bits per heavy atom. The average molecular weight is 239 g/mol. The summed E-state index contributed by atoms with van der Waals surface area (Å²) in [6, 6.07) is 17.7. The molecule has 0 aliphatic rings. The molecule has 0 aromatic heterocycles. The van der Waals surface area contributed by atoms with Gasteiger partial charge in [0.25, 0.3) is 0 Å². The summed E-state index contributed by atoms with van der Waals surface area (Å²) < 4.78 is 5.82. The third-order valence-corrected chi connectivity index (χ3v) is 2.77. The molecule has 92 valence electrons. The maximum atomic E-state index is 5.97. The Hall–Kier alpha value is -2.06. The van der Waals surface area contributed by atoms with E-state index < -0.39 is 0 Å². The van der Waals surface area contributed by atoms with Crippen molar-refractivity contribution < 1.29 is 4.74 Å². The van der Waals surface area contributed by atoms with Crippen molar-refractivity contribution in [3.8, 4) is 5.75 Å². The fraction of sp³-hybridized carbons (Fsp3) is 0.125. The topological polar surface area (TPSA) is 35.2 Å². The van der Waals surface area contributed by atoms with Crippen LogP contribution in [0.1, 0.15) is 17.2 Å². The highest BCUT2D eigenvalue weighted by Gasteiger charge is 2.08. The van der Waals surface area contributed by atoms with E-state index in [9.17, 15) is 0 Å². The van der Waals surface area contributed by atoms with Gasteiger partial charge in [0.15, 0.2) is 0 Å². The van der Waals surface area contributed by atoms with Crippen LogP contribution in [0.4, 0.5) is 0 Å². The second-order valence-corrected chi connectivity index (χ2v) is 4.07. The van der Waals surface area contributed by atoms with Crippen LogP contribution >= 0.6 is 0 Å². The monoisotopic (exact) mass is 239 g/mol. The van der Waals surface area contributed by atoms with Gasteiger partial charge in [-0.25, -0.2) is 0 Å². The molecule has 0 fully saturated rings. The summed E-state index contributed by atoms with van der Waals surface area (Å²) in [5.74, 6) is 0.814. The smallest absolute Gasteiger partial charge is 0.124 e. The van der Waals surface area contributed by atoms with Crippen LogP contribution in [-0.2, 0) is 6.61 Å². The summed E-state index contributed by atoms with van der Waals surface area (Å²) in [7, 11) is 0. The second-order valence-electron chi connectivity index (χ2n) is 4.07. The van der Waals surface area contributed by atoms with Crippen LogP contribution in [0.5, 0.6) is 5.75 Å². The highest BCUT2D eigenvalue weighted by atomic mass is 16.5. The predicted octanol–water partition coefficient (Wildman–Crippen LogP) is 3.45. The lowest BCUT2D eigenvalue weighted by Crippen LogP contribution is -2.09. The molecule has 2 rings (SSSR count). The van der Waals surface area contributed by atoms with Crippen LogP contribution < -0.4 is 10.5 Å². The van der Waals surface area contributed by atoms with E-state index in [1.807, 2.05) is 54.6 Å². The number of hydrogen-bond acceptors (Lipinski definition) is 2. The van der Waals surface area contributed by atoms with Gasteiger partial charge >= 0.3 is 0 Å². The van der Waals surface area contributed by atoms with Gasteiger partial charge in [0.05, 0.1) is 6.04 Å². The number of rotatable bonds is 5. The second kappa shape index (κ2) is 6.03. The number of benzene rings is 2. The Kier molecular flexibility index (Phi) is 4.15. The molecule has 0 radical (unpaired) electrons. The third-order valence-electron chi connectivity index (χ3n) is 2.77. The Morgan fingerprint density at radius 2 is 1.72 bits per heavy atom. The molecule has 2 heteroatoms. The molecule has 0 aliphatic heterocycles. The van der Waals surface area contributed by atoms with Crippen molar-refractivity contribution in [2.45, 2.75) is 12.6 Å². The zero-order chi connectivity index (χ0) is 12.8. The van der Waals surface area contributed by atoms with Crippen molar-refractivity contribution in [3.63, 3.8) is 0 Å². The Bertz CT molecular complexity index is 508. The third kappa shape index (κ3) is 2.99. The summed E-state index contributed by atoms with van der Waals surface area (Å²) in [4.78, 5) is 0. The van der Waals surface area contributed by atoms with Gasteiger partial charge in [-0.1, -0.05) is 54.6 Å². The fourth-order valence-electron chi connectivity index (χ4n) is 1.75. The lowest BCUT2D eigenvalue weighted by Gasteiger charge is -2.14. The molecule has 0 unspecified atom stereocenters. The summed E-state index contributed by atoms with van der Waals surface area (Å²) in [5.41, 5.74) is 8.07. The van der Waals surface area contributed by atoms with E-state index >= 15 is 0 Å². The molecule has 2 aromatic rings. The highest BCUT2D eigenvalue weighted by Crippen LogP contribution is 2.24. The molecule has 0 heterocycles. The van der Waals surface area contributed by atoms with Crippen molar-refractivity contribution in [3.05, 3.63) is 78.4 Å². The molecule has 18 heavy (non-hydrogen) atoms. The minimum absolute atomic E-state index is 0.197. The summed E-state index contributed by atoms with van der Waals surface area (Å²) >= 11 is 0. The molecule has 2 N–H and O–H groups in total. The lowest BCUT2D eigenvalue weighted by molar-refractivity contribution is 0.302. The standard InChI is InChI=1S/C16H17NO/c1-2-15(17)14-10-6-7-11-16(14)18-12-13-8-4-3-5-9-13/h2-11,15H,1,12,17H2/t15-/m1/s1. The molecule has 0 saturated carbocycles. The van der Waals surface area contributed by atoms with Gasteiger partial charge in [0, 0.05) is 5.56 Å². The van der Waals surface area contributed by atoms with E-state index in [4.69, 9.17) is 10.5 Å². The van der Waals surface area contributed by atoms with Crippen molar-refractivity contribution in [2.24, 2.45) is 5.73 Å². The van der Waals surface area contributed by atoms with Gasteiger partial charge < -0.3 is 10.5 Å². The van der Waals surface area contributed by atoms with Crippen molar-refractivity contribution in [1.82, 2.24) is 0 Å². The first-order valence-corrected chi connectivity index (χ1v) is 5.95. The van der Waals surface area contributed by atoms with E-state index in [1.54, 1.807) is 6.08 Å². The number of nitrogens with two attached hydrogens (primary N) is 1. The van der Waals surface area contributed by atoms with Crippen LogP contribution in [0.3, 0.4) is 0 Å². The van der Waals surface area contributed by atoms with E-state index in [-0.39, 0.29) is 6.04 Å². The molecule has 2 aromatic carbocycles. The zero-order valence-electron chi connectivity index (χ0n) is 10.3. The van der Waals surface area contributed by atoms with Gasteiger partial charge in [-0.3, -0.25) is 0 Å². The fourth-order valence-corrected chi connectivity index (χ4v) is 1.75. The van der Waals surface area contributed by atoms with Gasteiger partial charge in [0.2, 0.25) is 0 Å². The van der Waals surface area contributed by atoms with Crippen LogP contribution in [0, 0.1) is 0 Å². The quantitative estimate of drug-likeness (QED) is 0.811. The first-order valence-electron chi connectivity index (χ1n) is 5.95. The summed E-state index contributed by atoms with van der Waals surface area (Å²) in [6.07, 6.45) is 1.71. The molecule has 2 nitrogen and oxygen atoms in total. The van der Waals surface area contributed by atoms with Crippen LogP contribution in [0.15, 0.2) is 67.3 Å². The number of para-hydroxylation sites is 1. The Balaban J connectivity index is 2.12. The molecule has 0 saturated heterocycles. The zero-order valence-corrected chi connectivity index (χ0v) is 10.3. The lowest BCUT2D eigenvalue weighted by atomic mass is 10.1. The minimum atomic E-state index is -0.197. The maximum absolute atomic E-state index is 5.97. The first-order chi connectivity index (χ1) is 8.81. The molecular formula is C16H17NO.